The molecule has 0 rings (SSSR count). The normalized spacial score (nSPS) is 11.7. The van der Waals surface area contributed by atoms with Crippen molar-refractivity contribution in [2.75, 3.05) is 0 Å². The fourth-order valence-electron chi connectivity index (χ4n) is 1.32. The van der Waals surface area contributed by atoms with E-state index in [1.807, 2.05) is 6.08 Å². The molecule has 12 heavy (non-hydrogen) atoms. The molecule has 0 atom stereocenters. The highest BCUT2D eigenvalue weighted by Crippen LogP contribution is 2.09. The van der Waals surface area contributed by atoms with Crippen LogP contribution in [0.4, 0.5) is 0 Å². The Kier molecular flexibility index (Phi) is 8.20. The highest BCUT2D eigenvalue weighted by Gasteiger charge is 1.89. The van der Waals surface area contributed by atoms with Crippen LogP contribution in [0.3, 0.4) is 0 Å². The second-order valence-electron chi connectivity index (χ2n) is 3.35. The lowest BCUT2D eigenvalue weighted by molar-refractivity contribution is 0.683. The maximum Gasteiger partial charge on any atom is -0.0323 e. The third-order valence-corrected chi connectivity index (χ3v) is 2.03. The average molecular weight is 166 g/mol. The molecule has 0 nitrogen and oxygen atoms in total. The van der Waals surface area contributed by atoms with Crippen LogP contribution in [0.25, 0.3) is 0 Å². The summed E-state index contributed by atoms with van der Waals surface area (Å²) in [6.07, 6.45) is 12.0. The quantitative estimate of drug-likeness (QED) is 0.386. The van der Waals surface area contributed by atoms with Gasteiger partial charge in [-0.25, -0.2) is 0 Å². The highest BCUT2D eigenvalue weighted by atomic mass is 14.0. The molecule has 0 radical (unpaired) electrons. The van der Waals surface area contributed by atoms with E-state index >= 15 is 0 Å². The van der Waals surface area contributed by atoms with Gasteiger partial charge in [0.15, 0.2) is 0 Å². The molecule has 0 aliphatic rings. The van der Waals surface area contributed by atoms with Crippen LogP contribution in [0.2, 0.25) is 0 Å². The summed E-state index contributed by atoms with van der Waals surface area (Å²) in [6.45, 7) is 8.14. The summed E-state index contributed by atoms with van der Waals surface area (Å²) in [5, 5.41) is 0. The summed E-state index contributed by atoms with van der Waals surface area (Å²) in [7, 11) is 0. The van der Waals surface area contributed by atoms with Gasteiger partial charge in [-0.05, 0) is 39.0 Å². The van der Waals surface area contributed by atoms with E-state index in [9.17, 15) is 0 Å². The van der Waals surface area contributed by atoms with E-state index in [1.54, 1.807) is 5.57 Å². The number of unbranched alkanes of at least 4 members (excludes halogenated alkanes) is 3. The van der Waals surface area contributed by atoms with Crippen molar-refractivity contribution in [2.45, 2.75) is 52.4 Å². The van der Waals surface area contributed by atoms with Gasteiger partial charge in [-0.1, -0.05) is 31.1 Å². The second-order valence-corrected chi connectivity index (χ2v) is 3.35. The molecular weight excluding hydrogens is 144 g/mol. The van der Waals surface area contributed by atoms with E-state index in [-0.39, 0.29) is 0 Å². The first-order chi connectivity index (χ1) is 5.81. The lowest BCUT2D eigenvalue weighted by Crippen LogP contribution is -1.79. The lowest BCUT2D eigenvalue weighted by atomic mass is 10.1. The molecule has 0 fully saturated rings. The van der Waals surface area contributed by atoms with E-state index in [4.69, 9.17) is 0 Å². The number of allylic oxidation sites excluding steroid dienone is 3. The molecule has 0 N–H and O–H groups in total. The van der Waals surface area contributed by atoms with Crippen LogP contribution >= 0.6 is 0 Å². The van der Waals surface area contributed by atoms with Crippen LogP contribution in [0.1, 0.15) is 52.4 Å². The maximum absolute atomic E-state index is 3.71. The Balaban J connectivity index is 3.19. The van der Waals surface area contributed by atoms with E-state index in [1.165, 1.54) is 38.5 Å². The van der Waals surface area contributed by atoms with Gasteiger partial charge in [0.25, 0.3) is 0 Å². The van der Waals surface area contributed by atoms with Crippen molar-refractivity contribution in [3.8, 4) is 0 Å². The summed E-state index contributed by atoms with van der Waals surface area (Å²) in [5.41, 5.74) is 1.55. The van der Waals surface area contributed by atoms with Crippen LogP contribution in [-0.2, 0) is 0 Å². The fraction of sp³-hybridized carbons (Fsp3) is 0.667. The van der Waals surface area contributed by atoms with Crippen LogP contribution in [0.15, 0.2) is 24.3 Å². The van der Waals surface area contributed by atoms with Crippen molar-refractivity contribution >= 4 is 0 Å². The maximum atomic E-state index is 3.71. The van der Waals surface area contributed by atoms with Gasteiger partial charge < -0.3 is 0 Å². The van der Waals surface area contributed by atoms with Crippen molar-refractivity contribution in [1.82, 2.24) is 0 Å². The average Bonchev–Trinajstić information content (AvgIpc) is 2.05. The van der Waals surface area contributed by atoms with Crippen molar-refractivity contribution < 1.29 is 0 Å². The molecule has 0 aromatic rings. The number of hydrogen-bond acceptors (Lipinski definition) is 0. The van der Waals surface area contributed by atoms with Gasteiger partial charge in [0.05, 0.1) is 0 Å². The first-order valence-electron chi connectivity index (χ1n) is 5.07. The smallest absolute Gasteiger partial charge is 0.0323 e. The molecule has 0 spiro atoms. The van der Waals surface area contributed by atoms with Crippen LogP contribution < -0.4 is 0 Å². The molecule has 0 heteroatoms. The summed E-state index contributed by atoms with van der Waals surface area (Å²) < 4.78 is 0. The molecule has 0 bridgehead atoms. The Bertz CT molecular complexity index is 131. The third kappa shape index (κ3) is 7.59. The lowest BCUT2D eigenvalue weighted by Gasteiger charge is -1.99. The molecule has 0 aromatic heterocycles. The second kappa shape index (κ2) is 8.58. The van der Waals surface area contributed by atoms with Crippen LogP contribution in [0, 0.1) is 0 Å². The largest absolute Gasteiger partial charge is 0.103 e. The molecule has 0 amide bonds. The van der Waals surface area contributed by atoms with Gasteiger partial charge in [-0.3, -0.25) is 0 Å². The first-order valence-corrected chi connectivity index (χ1v) is 5.07. The van der Waals surface area contributed by atoms with Crippen molar-refractivity contribution in [3.63, 3.8) is 0 Å². The molecule has 70 valence electrons. The minimum absolute atomic E-state index is 1.18. The van der Waals surface area contributed by atoms with E-state index in [2.05, 4.69) is 26.5 Å². The highest BCUT2D eigenvalue weighted by molar-refractivity contribution is 4.96. The number of hydrogen-bond donors (Lipinski definition) is 0. The van der Waals surface area contributed by atoms with Gasteiger partial charge in [-0.2, -0.15) is 0 Å². The van der Waals surface area contributed by atoms with Crippen LogP contribution in [-0.4, -0.2) is 0 Å². The number of rotatable bonds is 7. The Morgan fingerprint density at radius 2 is 2.00 bits per heavy atom. The Hall–Kier alpha value is -0.520. The van der Waals surface area contributed by atoms with Crippen molar-refractivity contribution in [1.29, 1.82) is 0 Å². The summed E-state index contributed by atoms with van der Waals surface area (Å²) in [6, 6.07) is 0. The topological polar surface area (TPSA) is 0 Å². The molecule has 0 aliphatic carbocycles. The molecule has 0 aliphatic heterocycles. The summed E-state index contributed by atoms with van der Waals surface area (Å²) >= 11 is 0. The minimum atomic E-state index is 1.18. The predicted octanol–water partition coefficient (Wildman–Crippen LogP) is 4.48. The van der Waals surface area contributed by atoms with Gasteiger partial charge in [0, 0.05) is 0 Å². The Labute approximate surface area is 77.4 Å². The SMILES string of the molecule is C=CCCCCCC(C)=CCC. The molecule has 0 saturated carbocycles. The predicted molar refractivity (Wildman–Crippen MR) is 57.3 cm³/mol. The molecule has 0 aromatic carbocycles. The fourth-order valence-corrected chi connectivity index (χ4v) is 1.32. The van der Waals surface area contributed by atoms with Crippen molar-refractivity contribution in [3.05, 3.63) is 24.3 Å². The summed E-state index contributed by atoms with van der Waals surface area (Å²) in [5.74, 6) is 0. The zero-order valence-corrected chi connectivity index (χ0v) is 8.60. The van der Waals surface area contributed by atoms with Gasteiger partial charge >= 0.3 is 0 Å². The van der Waals surface area contributed by atoms with Gasteiger partial charge in [0.2, 0.25) is 0 Å². The van der Waals surface area contributed by atoms with E-state index in [0.717, 1.165) is 0 Å². The Morgan fingerprint density at radius 3 is 2.58 bits per heavy atom. The van der Waals surface area contributed by atoms with Crippen LogP contribution in [0.5, 0.6) is 0 Å². The molecular formula is C12H22. The van der Waals surface area contributed by atoms with E-state index < -0.39 is 0 Å². The summed E-state index contributed by atoms with van der Waals surface area (Å²) in [4.78, 5) is 0. The van der Waals surface area contributed by atoms with Gasteiger partial charge in [-0.15, -0.1) is 6.58 Å². The molecule has 0 saturated heterocycles. The first kappa shape index (κ1) is 11.5. The monoisotopic (exact) mass is 166 g/mol. The van der Waals surface area contributed by atoms with Crippen molar-refractivity contribution in [2.24, 2.45) is 0 Å². The molecule has 0 unspecified atom stereocenters. The third-order valence-electron chi connectivity index (χ3n) is 2.03. The minimum Gasteiger partial charge on any atom is -0.103 e. The van der Waals surface area contributed by atoms with E-state index in [0.29, 0.717) is 0 Å². The van der Waals surface area contributed by atoms with Gasteiger partial charge in [0.1, 0.15) is 0 Å². The molecule has 0 heterocycles. The zero-order chi connectivity index (χ0) is 9.23. The standard InChI is InChI=1S/C12H22/c1-4-6-7-8-9-11-12(3)10-5-2/h4,10H,1,5-9,11H2,2-3H3. The zero-order valence-electron chi connectivity index (χ0n) is 8.60. The Morgan fingerprint density at radius 1 is 1.25 bits per heavy atom.